The van der Waals surface area contributed by atoms with Gasteiger partial charge < -0.3 is 10.1 Å². The summed E-state index contributed by atoms with van der Waals surface area (Å²) in [5.74, 6) is 0.674. The lowest BCUT2D eigenvalue weighted by atomic mass is 10.1. The van der Waals surface area contributed by atoms with Crippen molar-refractivity contribution < 1.29 is 4.74 Å². The number of pyridine rings is 1. The third-order valence-electron chi connectivity index (χ3n) is 2.79. The Balaban J connectivity index is 2.05. The van der Waals surface area contributed by atoms with Crippen LogP contribution in [0.3, 0.4) is 0 Å². The fourth-order valence-electron chi connectivity index (χ4n) is 1.72. The number of ether oxygens (including phenoxy) is 1. The summed E-state index contributed by atoms with van der Waals surface area (Å²) in [4.78, 5) is 4.17. The van der Waals surface area contributed by atoms with E-state index < -0.39 is 0 Å². The predicted octanol–water partition coefficient (Wildman–Crippen LogP) is 3.15. The molecule has 1 heterocycles. The molecule has 1 N–H and O–H groups in total. The third kappa shape index (κ3) is 6.27. The molecule has 0 amide bonds. The maximum absolute atomic E-state index is 5.02. The molecule has 1 rings (SSSR count). The minimum Gasteiger partial charge on any atom is -0.481 e. The van der Waals surface area contributed by atoms with Crippen LogP contribution in [0.15, 0.2) is 18.3 Å². The summed E-state index contributed by atoms with van der Waals surface area (Å²) in [5.41, 5.74) is 1.21. The van der Waals surface area contributed by atoms with Gasteiger partial charge in [0.15, 0.2) is 0 Å². The Morgan fingerprint density at radius 3 is 2.65 bits per heavy atom. The summed E-state index contributed by atoms with van der Waals surface area (Å²) in [6.07, 6.45) is 8.50. The number of unbranched alkanes of at least 4 members (excludes halogenated alkanes) is 4. The number of nitrogens with zero attached hydrogens (tertiary/aromatic N) is 1. The molecule has 0 radical (unpaired) electrons. The molecule has 3 nitrogen and oxygen atoms in total. The van der Waals surface area contributed by atoms with Gasteiger partial charge in [0.25, 0.3) is 0 Å². The molecule has 0 saturated carbocycles. The van der Waals surface area contributed by atoms with Crippen molar-refractivity contribution in [2.45, 2.75) is 45.6 Å². The normalized spacial score (nSPS) is 10.5. The molecule has 0 fully saturated rings. The Kier molecular flexibility index (Phi) is 7.39. The van der Waals surface area contributed by atoms with E-state index in [-0.39, 0.29) is 0 Å². The van der Waals surface area contributed by atoms with E-state index in [1.54, 1.807) is 7.11 Å². The zero-order valence-electron chi connectivity index (χ0n) is 11.0. The average molecular weight is 236 g/mol. The number of hydrogen-bond donors (Lipinski definition) is 1. The first-order valence-corrected chi connectivity index (χ1v) is 6.56. The van der Waals surface area contributed by atoms with Gasteiger partial charge in [-0.05, 0) is 18.5 Å². The van der Waals surface area contributed by atoms with Gasteiger partial charge >= 0.3 is 0 Å². The van der Waals surface area contributed by atoms with E-state index in [2.05, 4.69) is 23.3 Å². The predicted molar refractivity (Wildman–Crippen MR) is 71.3 cm³/mol. The van der Waals surface area contributed by atoms with E-state index in [1.807, 2.05) is 12.3 Å². The van der Waals surface area contributed by atoms with Crippen LogP contribution in [0.25, 0.3) is 0 Å². The van der Waals surface area contributed by atoms with Crippen LogP contribution in [-0.4, -0.2) is 18.6 Å². The van der Waals surface area contributed by atoms with Crippen molar-refractivity contribution in [1.82, 2.24) is 10.3 Å². The highest BCUT2D eigenvalue weighted by Gasteiger charge is 1.95. The largest absolute Gasteiger partial charge is 0.481 e. The van der Waals surface area contributed by atoms with Crippen LogP contribution in [0.2, 0.25) is 0 Å². The SMILES string of the molecule is CCCCCCCNCc1ccc(OC)nc1. The van der Waals surface area contributed by atoms with E-state index in [0.717, 1.165) is 13.1 Å². The van der Waals surface area contributed by atoms with Gasteiger partial charge in [0.1, 0.15) is 0 Å². The van der Waals surface area contributed by atoms with E-state index in [0.29, 0.717) is 5.88 Å². The Morgan fingerprint density at radius 2 is 2.00 bits per heavy atom. The van der Waals surface area contributed by atoms with Gasteiger partial charge in [0, 0.05) is 18.8 Å². The van der Waals surface area contributed by atoms with Gasteiger partial charge in [-0.2, -0.15) is 0 Å². The maximum atomic E-state index is 5.02. The molecule has 96 valence electrons. The van der Waals surface area contributed by atoms with Crippen molar-refractivity contribution in [3.63, 3.8) is 0 Å². The van der Waals surface area contributed by atoms with E-state index in [9.17, 15) is 0 Å². The molecule has 0 aliphatic heterocycles. The molecule has 0 bridgehead atoms. The zero-order valence-corrected chi connectivity index (χ0v) is 11.0. The molecule has 0 aliphatic carbocycles. The minimum atomic E-state index is 0.674. The molecule has 0 saturated heterocycles. The van der Waals surface area contributed by atoms with Crippen molar-refractivity contribution in [3.8, 4) is 5.88 Å². The van der Waals surface area contributed by atoms with Crippen LogP contribution in [0.4, 0.5) is 0 Å². The first-order valence-electron chi connectivity index (χ1n) is 6.56. The number of aromatic nitrogens is 1. The van der Waals surface area contributed by atoms with Crippen molar-refractivity contribution in [1.29, 1.82) is 0 Å². The summed E-state index contributed by atoms with van der Waals surface area (Å²) in [6, 6.07) is 3.95. The average Bonchev–Trinajstić information content (AvgIpc) is 2.38. The van der Waals surface area contributed by atoms with Crippen molar-refractivity contribution in [3.05, 3.63) is 23.9 Å². The Morgan fingerprint density at radius 1 is 1.18 bits per heavy atom. The van der Waals surface area contributed by atoms with Crippen LogP contribution in [0, 0.1) is 0 Å². The topological polar surface area (TPSA) is 34.1 Å². The maximum Gasteiger partial charge on any atom is 0.212 e. The Hall–Kier alpha value is -1.09. The molecule has 0 aliphatic rings. The van der Waals surface area contributed by atoms with E-state index >= 15 is 0 Å². The Bertz CT molecular complexity index is 285. The molecule has 0 aromatic carbocycles. The molecule has 3 heteroatoms. The van der Waals surface area contributed by atoms with Crippen LogP contribution in [0.1, 0.15) is 44.6 Å². The second kappa shape index (κ2) is 8.99. The van der Waals surface area contributed by atoms with Gasteiger partial charge in [-0.25, -0.2) is 4.98 Å². The third-order valence-corrected chi connectivity index (χ3v) is 2.79. The quantitative estimate of drug-likeness (QED) is 0.669. The second-order valence-corrected chi connectivity index (χ2v) is 4.30. The lowest BCUT2D eigenvalue weighted by molar-refractivity contribution is 0.397. The van der Waals surface area contributed by atoms with E-state index in [1.165, 1.54) is 37.7 Å². The fraction of sp³-hybridized carbons (Fsp3) is 0.643. The monoisotopic (exact) mass is 236 g/mol. The first-order chi connectivity index (χ1) is 8.36. The van der Waals surface area contributed by atoms with Gasteiger partial charge in [0.05, 0.1) is 7.11 Å². The van der Waals surface area contributed by atoms with Crippen LogP contribution in [-0.2, 0) is 6.54 Å². The van der Waals surface area contributed by atoms with Crippen LogP contribution < -0.4 is 10.1 Å². The molecule has 0 atom stereocenters. The summed E-state index contributed by atoms with van der Waals surface area (Å²) in [7, 11) is 1.64. The zero-order chi connectivity index (χ0) is 12.3. The standard InChI is InChI=1S/C14H24N2O/c1-3-4-5-6-7-10-15-11-13-8-9-14(17-2)16-12-13/h8-9,12,15H,3-7,10-11H2,1-2H3. The van der Waals surface area contributed by atoms with Crippen molar-refractivity contribution in [2.24, 2.45) is 0 Å². The lowest BCUT2D eigenvalue weighted by Gasteiger charge is -2.05. The smallest absolute Gasteiger partial charge is 0.212 e. The molecule has 0 spiro atoms. The van der Waals surface area contributed by atoms with Gasteiger partial charge in [-0.3, -0.25) is 0 Å². The highest BCUT2D eigenvalue weighted by molar-refractivity contribution is 5.17. The minimum absolute atomic E-state index is 0.674. The van der Waals surface area contributed by atoms with Gasteiger partial charge in [0.2, 0.25) is 5.88 Å². The number of rotatable bonds is 9. The fourth-order valence-corrected chi connectivity index (χ4v) is 1.72. The molecular weight excluding hydrogens is 212 g/mol. The van der Waals surface area contributed by atoms with Crippen LogP contribution >= 0.6 is 0 Å². The highest BCUT2D eigenvalue weighted by Crippen LogP contribution is 2.06. The number of hydrogen-bond acceptors (Lipinski definition) is 3. The van der Waals surface area contributed by atoms with Gasteiger partial charge in [-0.15, -0.1) is 0 Å². The molecule has 0 unspecified atom stereocenters. The highest BCUT2D eigenvalue weighted by atomic mass is 16.5. The lowest BCUT2D eigenvalue weighted by Crippen LogP contribution is -2.14. The number of nitrogens with one attached hydrogen (secondary N) is 1. The summed E-state index contributed by atoms with van der Waals surface area (Å²) >= 11 is 0. The van der Waals surface area contributed by atoms with Crippen molar-refractivity contribution >= 4 is 0 Å². The van der Waals surface area contributed by atoms with E-state index in [4.69, 9.17) is 4.74 Å². The molecule has 17 heavy (non-hydrogen) atoms. The second-order valence-electron chi connectivity index (χ2n) is 4.30. The summed E-state index contributed by atoms with van der Waals surface area (Å²) in [5, 5.41) is 3.44. The summed E-state index contributed by atoms with van der Waals surface area (Å²) < 4.78 is 5.02. The first kappa shape index (κ1) is 14.0. The van der Waals surface area contributed by atoms with Gasteiger partial charge in [-0.1, -0.05) is 38.7 Å². The molecule has 1 aromatic heterocycles. The molecular formula is C14H24N2O. The molecule has 1 aromatic rings. The van der Waals surface area contributed by atoms with Crippen molar-refractivity contribution in [2.75, 3.05) is 13.7 Å². The summed E-state index contributed by atoms with van der Waals surface area (Å²) in [6.45, 7) is 4.23. The Labute approximate surface area is 105 Å². The number of methoxy groups -OCH3 is 1. The van der Waals surface area contributed by atoms with Crippen LogP contribution in [0.5, 0.6) is 5.88 Å².